The van der Waals surface area contributed by atoms with Gasteiger partial charge in [0.15, 0.2) is 0 Å². The summed E-state index contributed by atoms with van der Waals surface area (Å²) in [4.78, 5) is 25.2. The van der Waals surface area contributed by atoms with Gasteiger partial charge in [0, 0.05) is 29.7 Å². The van der Waals surface area contributed by atoms with Gasteiger partial charge in [0.1, 0.15) is 0 Å². The number of nitrogens with one attached hydrogen (secondary N) is 1. The van der Waals surface area contributed by atoms with Gasteiger partial charge in [-0.25, -0.2) is 0 Å². The van der Waals surface area contributed by atoms with Gasteiger partial charge in [-0.05, 0) is 18.2 Å². The van der Waals surface area contributed by atoms with E-state index in [1.54, 1.807) is 30.3 Å². The number of halogens is 1. The minimum absolute atomic E-state index is 0.0675. The van der Waals surface area contributed by atoms with Crippen LogP contribution in [0.3, 0.4) is 0 Å². The molecule has 8 heteroatoms. The van der Waals surface area contributed by atoms with Crippen LogP contribution in [0.25, 0.3) is 0 Å². The second kappa shape index (κ2) is 8.16. The van der Waals surface area contributed by atoms with Gasteiger partial charge >= 0.3 is 0 Å². The SMILES string of the molecule is O=C(Cc1ccccc1[N+](=O)[O-])Nc1cc(Cl)ccc1N1CCOCC1. The lowest BCUT2D eigenvalue weighted by Crippen LogP contribution is -2.36. The van der Waals surface area contributed by atoms with Gasteiger partial charge in [-0.2, -0.15) is 0 Å². The molecule has 0 aromatic heterocycles. The maximum absolute atomic E-state index is 12.5. The molecule has 0 atom stereocenters. The number of nitro benzene ring substituents is 1. The first-order valence-electron chi connectivity index (χ1n) is 8.19. The van der Waals surface area contributed by atoms with Crippen molar-refractivity contribution in [3.63, 3.8) is 0 Å². The number of hydrogen-bond acceptors (Lipinski definition) is 5. The van der Waals surface area contributed by atoms with E-state index in [4.69, 9.17) is 16.3 Å². The van der Waals surface area contributed by atoms with E-state index in [0.717, 1.165) is 5.69 Å². The van der Waals surface area contributed by atoms with Crippen molar-refractivity contribution in [3.8, 4) is 0 Å². The van der Waals surface area contributed by atoms with Crippen molar-refractivity contribution in [2.45, 2.75) is 6.42 Å². The third-order valence-corrected chi connectivity index (χ3v) is 4.36. The molecule has 7 nitrogen and oxygen atoms in total. The molecular formula is C18H18ClN3O4. The number of rotatable bonds is 5. The van der Waals surface area contributed by atoms with E-state index in [0.29, 0.717) is 42.6 Å². The van der Waals surface area contributed by atoms with Gasteiger partial charge in [-0.3, -0.25) is 14.9 Å². The minimum Gasteiger partial charge on any atom is -0.378 e. The highest BCUT2D eigenvalue weighted by Crippen LogP contribution is 2.30. The van der Waals surface area contributed by atoms with Crippen LogP contribution < -0.4 is 10.2 Å². The molecule has 0 unspecified atom stereocenters. The summed E-state index contributed by atoms with van der Waals surface area (Å²) in [6.45, 7) is 2.67. The zero-order valence-corrected chi connectivity index (χ0v) is 14.7. The molecule has 136 valence electrons. The van der Waals surface area contributed by atoms with Gasteiger partial charge < -0.3 is 15.0 Å². The first-order chi connectivity index (χ1) is 12.5. The standard InChI is InChI=1S/C18H18ClN3O4/c19-14-5-6-17(21-7-9-26-10-8-21)15(12-14)20-18(23)11-13-3-1-2-4-16(13)22(24)25/h1-6,12H,7-11H2,(H,20,23). The van der Waals surface area contributed by atoms with Crippen LogP contribution in [0.1, 0.15) is 5.56 Å². The van der Waals surface area contributed by atoms with Crippen molar-refractivity contribution < 1.29 is 14.5 Å². The number of ether oxygens (including phenoxy) is 1. The van der Waals surface area contributed by atoms with Gasteiger partial charge in [0.05, 0.1) is 35.9 Å². The van der Waals surface area contributed by atoms with E-state index in [2.05, 4.69) is 10.2 Å². The Hall–Kier alpha value is -2.64. The quantitative estimate of drug-likeness (QED) is 0.640. The highest BCUT2D eigenvalue weighted by Gasteiger charge is 2.19. The zero-order valence-electron chi connectivity index (χ0n) is 14.0. The van der Waals surface area contributed by atoms with E-state index in [1.807, 2.05) is 6.07 Å². The molecule has 1 aliphatic rings. The lowest BCUT2D eigenvalue weighted by molar-refractivity contribution is -0.385. The molecule has 1 N–H and O–H groups in total. The van der Waals surface area contributed by atoms with Crippen molar-refractivity contribution in [3.05, 3.63) is 63.2 Å². The van der Waals surface area contributed by atoms with Crippen LogP contribution in [-0.4, -0.2) is 37.1 Å². The molecule has 1 fully saturated rings. The zero-order chi connectivity index (χ0) is 18.5. The Balaban J connectivity index is 1.79. The number of benzene rings is 2. The predicted octanol–water partition coefficient (Wildman–Crippen LogP) is 3.27. The van der Waals surface area contributed by atoms with Crippen LogP contribution in [0.15, 0.2) is 42.5 Å². The van der Waals surface area contributed by atoms with Crippen molar-refractivity contribution in [2.24, 2.45) is 0 Å². The molecule has 2 aromatic carbocycles. The number of hydrogen-bond donors (Lipinski definition) is 1. The lowest BCUT2D eigenvalue weighted by Gasteiger charge is -2.30. The molecule has 1 amide bonds. The number of nitro groups is 1. The van der Waals surface area contributed by atoms with Crippen molar-refractivity contribution >= 4 is 34.6 Å². The predicted molar refractivity (Wildman–Crippen MR) is 99.9 cm³/mol. The molecule has 1 saturated heterocycles. The third-order valence-electron chi connectivity index (χ3n) is 4.12. The Bertz CT molecular complexity index is 822. The number of nitrogens with zero attached hydrogens (tertiary/aromatic N) is 2. The van der Waals surface area contributed by atoms with E-state index >= 15 is 0 Å². The fraction of sp³-hybridized carbons (Fsp3) is 0.278. The van der Waals surface area contributed by atoms with E-state index in [-0.39, 0.29) is 18.0 Å². The average molecular weight is 376 g/mol. The molecule has 1 aliphatic heterocycles. The molecule has 0 bridgehead atoms. The van der Waals surface area contributed by atoms with Crippen LogP contribution in [0.4, 0.5) is 17.1 Å². The second-order valence-electron chi connectivity index (χ2n) is 5.87. The van der Waals surface area contributed by atoms with Crippen LogP contribution in [-0.2, 0) is 16.0 Å². The minimum atomic E-state index is -0.485. The first-order valence-corrected chi connectivity index (χ1v) is 8.57. The first kappa shape index (κ1) is 18.2. The van der Waals surface area contributed by atoms with Crippen LogP contribution in [0.5, 0.6) is 0 Å². The molecule has 1 heterocycles. The van der Waals surface area contributed by atoms with Crippen molar-refractivity contribution in [2.75, 3.05) is 36.5 Å². The number of carbonyl (C=O) groups excluding carboxylic acids is 1. The van der Waals surface area contributed by atoms with Crippen molar-refractivity contribution in [1.29, 1.82) is 0 Å². The maximum Gasteiger partial charge on any atom is 0.273 e. The fourth-order valence-corrected chi connectivity index (χ4v) is 3.07. The summed E-state index contributed by atoms with van der Waals surface area (Å²) in [7, 11) is 0. The number of carbonyl (C=O) groups is 1. The fourth-order valence-electron chi connectivity index (χ4n) is 2.89. The summed E-state index contributed by atoms with van der Waals surface area (Å²) in [6.07, 6.45) is -0.0911. The normalized spacial score (nSPS) is 14.1. The summed E-state index contributed by atoms with van der Waals surface area (Å²) in [6, 6.07) is 11.5. The Kier molecular flexibility index (Phi) is 5.70. The van der Waals surface area contributed by atoms with Crippen LogP contribution in [0.2, 0.25) is 5.02 Å². The average Bonchev–Trinajstić information content (AvgIpc) is 2.63. The topological polar surface area (TPSA) is 84.7 Å². The molecule has 0 aliphatic carbocycles. The molecule has 3 rings (SSSR count). The van der Waals surface area contributed by atoms with Crippen LogP contribution >= 0.6 is 11.6 Å². The number of para-hydroxylation sites is 1. The van der Waals surface area contributed by atoms with Gasteiger partial charge in [0.2, 0.25) is 5.91 Å². The highest BCUT2D eigenvalue weighted by atomic mass is 35.5. The molecule has 2 aromatic rings. The largest absolute Gasteiger partial charge is 0.378 e. The Morgan fingerprint density at radius 3 is 2.69 bits per heavy atom. The monoisotopic (exact) mass is 375 g/mol. The maximum atomic E-state index is 12.5. The number of anilines is 2. The van der Waals surface area contributed by atoms with E-state index in [1.165, 1.54) is 6.07 Å². The number of amides is 1. The highest BCUT2D eigenvalue weighted by molar-refractivity contribution is 6.31. The molecule has 0 saturated carbocycles. The Morgan fingerprint density at radius 2 is 1.96 bits per heavy atom. The Morgan fingerprint density at radius 1 is 1.23 bits per heavy atom. The van der Waals surface area contributed by atoms with Gasteiger partial charge in [-0.15, -0.1) is 0 Å². The molecule has 26 heavy (non-hydrogen) atoms. The Labute approximate surface area is 155 Å². The third kappa shape index (κ3) is 4.30. The summed E-state index contributed by atoms with van der Waals surface area (Å²) in [5.41, 5.74) is 1.74. The lowest BCUT2D eigenvalue weighted by atomic mass is 10.1. The van der Waals surface area contributed by atoms with Gasteiger partial charge in [0.25, 0.3) is 5.69 Å². The van der Waals surface area contributed by atoms with E-state index in [9.17, 15) is 14.9 Å². The van der Waals surface area contributed by atoms with Gasteiger partial charge in [-0.1, -0.05) is 29.8 Å². The van der Waals surface area contributed by atoms with Crippen LogP contribution in [0, 0.1) is 10.1 Å². The molecular weight excluding hydrogens is 358 g/mol. The van der Waals surface area contributed by atoms with E-state index < -0.39 is 4.92 Å². The summed E-state index contributed by atoms with van der Waals surface area (Å²) < 4.78 is 5.36. The summed E-state index contributed by atoms with van der Waals surface area (Å²) in [5.74, 6) is -0.337. The molecule has 0 spiro atoms. The molecule has 0 radical (unpaired) electrons. The smallest absolute Gasteiger partial charge is 0.273 e. The summed E-state index contributed by atoms with van der Waals surface area (Å²) in [5, 5.41) is 14.4. The second-order valence-corrected chi connectivity index (χ2v) is 6.31. The van der Waals surface area contributed by atoms with Crippen molar-refractivity contribution in [1.82, 2.24) is 0 Å². The number of morpholine rings is 1. The summed E-state index contributed by atoms with van der Waals surface area (Å²) >= 11 is 6.08.